The fourth-order valence-electron chi connectivity index (χ4n) is 2.40. The highest BCUT2D eigenvalue weighted by atomic mass is 79.9. The van der Waals surface area contributed by atoms with Crippen LogP contribution < -0.4 is 0 Å². The van der Waals surface area contributed by atoms with E-state index in [-0.39, 0.29) is 0 Å². The first-order valence-electron chi connectivity index (χ1n) is 7.10. The molecule has 0 radical (unpaired) electrons. The summed E-state index contributed by atoms with van der Waals surface area (Å²) in [6, 6.07) is 6.26. The Kier molecular flexibility index (Phi) is 5.64. The van der Waals surface area contributed by atoms with Crippen molar-refractivity contribution in [3.63, 3.8) is 0 Å². The number of rotatable bonds is 7. The third-order valence-electron chi connectivity index (χ3n) is 3.47. The van der Waals surface area contributed by atoms with E-state index in [0.29, 0.717) is 0 Å². The molecule has 0 bridgehead atoms. The van der Waals surface area contributed by atoms with Crippen LogP contribution in [0.3, 0.4) is 0 Å². The number of aromatic nitrogens is 2. The molecule has 0 spiro atoms. The van der Waals surface area contributed by atoms with Crippen molar-refractivity contribution < 1.29 is 0 Å². The zero-order chi connectivity index (χ0) is 13.7. The SMILES string of the molecule is CCCCCCCCn1c(=S)[nH]c2ccc(Br)cc21. The molecule has 0 aliphatic heterocycles. The molecule has 0 saturated heterocycles. The molecule has 0 fully saturated rings. The number of halogens is 1. The highest BCUT2D eigenvalue weighted by molar-refractivity contribution is 9.10. The van der Waals surface area contributed by atoms with Gasteiger partial charge in [-0.1, -0.05) is 55.0 Å². The summed E-state index contributed by atoms with van der Waals surface area (Å²) in [4.78, 5) is 3.27. The second-order valence-electron chi connectivity index (χ2n) is 5.01. The maximum Gasteiger partial charge on any atom is 0.178 e. The Morgan fingerprint density at radius 3 is 2.68 bits per heavy atom. The summed E-state index contributed by atoms with van der Waals surface area (Å²) in [5, 5.41) is 0. The number of hydrogen-bond acceptors (Lipinski definition) is 1. The van der Waals surface area contributed by atoms with Crippen molar-refractivity contribution in [1.29, 1.82) is 0 Å². The molecule has 19 heavy (non-hydrogen) atoms. The number of H-pyrrole nitrogens is 1. The van der Waals surface area contributed by atoms with Crippen LogP contribution in [0.15, 0.2) is 22.7 Å². The van der Waals surface area contributed by atoms with Gasteiger partial charge >= 0.3 is 0 Å². The van der Waals surface area contributed by atoms with Crippen LogP contribution in [0.2, 0.25) is 0 Å². The molecule has 0 aliphatic carbocycles. The Morgan fingerprint density at radius 2 is 1.89 bits per heavy atom. The van der Waals surface area contributed by atoms with Gasteiger partial charge in [0.05, 0.1) is 11.0 Å². The van der Waals surface area contributed by atoms with Crippen molar-refractivity contribution in [1.82, 2.24) is 9.55 Å². The number of fused-ring (bicyclic) bond motifs is 1. The van der Waals surface area contributed by atoms with Gasteiger partial charge in [0.15, 0.2) is 4.77 Å². The topological polar surface area (TPSA) is 20.7 Å². The largest absolute Gasteiger partial charge is 0.331 e. The van der Waals surface area contributed by atoms with Gasteiger partial charge in [-0.05, 0) is 36.8 Å². The van der Waals surface area contributed by atoms with Crippen LogP contribution in [0.1, 0.15) is 45.4 Å². The number of aromatic amines is 1. The number of unbranched alkanes of at least 4 members (excludes halogenated alkanes) is 5. The molecule has 1 heterocycles. The Hall–Kier alpha value is -0.610. The van der Waals surface area contributed by atoms with E-state index >= 15 is 0 Å². The summed E-state index contributed by atoms with van der Waals surface area (Å²) < 4.78 is 4.15. The number of hydrogen-bond donors (Lipinski definition) is 1. The average molecular weight is 341 g/mol. The standard InChI is InChI=1S/C15H21BrN2S/c1-2-3-4-5-6-7-10-18-14-11-12(16)8-9-13(14)17-15(18)19/h8-9,11H,2-7,10H2,1H3,(H,17,19). The van der Waals surface area contributed by atoms with Crippen LogP contribution in [0.5, 0.6) is 0 Å². The van der Waals surface area contributed by atoms with Gasteiger partial charge in [-0.3, -0.25) is 0 Å². The van der Waals surface area contributed by atoms with Crippen molar-refractivity contribution in [3.05, 3.63) is 27.4 Å². The smallest absolute Gasteiger partial charge is 0.178 e. The van der Waals surface area contributed by atoms with Crippen molar-refractivity contribution in [2.24, 2.45) is 0 Å². The number of nitrogens with zero attached hydrogens (tertiary/aromatic N) is 1. The van der Waals surface area contributed by atoms with Crippen molar-refractivity contribution in [3.8, 4) is 0 Å². The highest BCUT2D eigenvalue weighted by Gasteiger charge is 2.04. The quantitative estimate of drug-likeness (QED) is 0.497. The highest BCUT2D eigenvalue weighted by Crippen LogP contribution is 2.20. The van der Waals surface area contributed by atoms with Gasteiger partial charge in [0.25, 0.3) is 0 Å². The molecule has 1 aromatic carbocycles. The van der Waals surface area contributed by atoms with Gasteiger partial charge in [0.1, 0.15) is 0 Å². The summed E-state index contributed by atoms with van der Waals surface area (Å²) in [5.41, 5.74) is 2.33. The molecule has 1 N–H and O–H groups in total. The van der Waals surface area contributed by atoms with Gasteiger partial charge in [-0.15, -0.1) is 0 Å². The summed E-state index contributed by atoms with van der Waals surface area (Å²) in [6.07, 6.45) is 7.87. The van der Waals surface area contributed by atoms with Crippen LogP contribution in [-0.4, -0.2) is 9.55 Å². The summed E-state index contributed by atoms with van der Waals surface area (Å²) >= 11 is 8.93. The first-order valence-corrected chi connectivity index (χ1v) is 8.30. The van der Waals surface area contributed by atoms with Crippen LogP contribution in [0.4, 0.5) is 0 Å². The molecule has 0 amide bonds. The maximum atomic E-state index is 5.41. The van der Waals surface area contributed by atoms with Crippen LogP contribution in [-0.2, 0) is 6.54 Å². The molecule has 0 atom stereocenters. The lowest BCUT2D eigenvalue weighted by atomic mass is 10.1. The van der Waals surface area contributed by atoms with Gasteiger partial charge in [-0.25, -0.2) is 0 Å². The van der Waals surface area contributed by atoms with E-state index in [1.165, 1.54) is 44.0 Å². The fraction of sp³-hybridized carbons (Fsp3) is 0.533. The molecular formula is C15H21BrN2S. The summed E-state index contributed by atoms with van der Waals surface area (Å²) in [7, 11) is 0. The molecule has 0 unspecified atom stereocenters. The lowest BCUT2D eigenvalue weighted by Crippen LogP contribution is -1.98. The molecule has 0 aliphatic rings. The number of benzene rings is 1. The molecule has 1 aromatic heterocycles. The molecule has 4 heteroatoms. The second kappa shape index (κ2) is 7.25. The first-order chi connectivity index (χ1) is 9.22. The van der Waals surface area contributed by atoms with Crippen molar-refractivity contribution >= 4 is 39.2 Å². The zero-order valence-electron chi connectivity index (χ0n) is 11.4. The molecule has 2 rings (SSSR count). The van der Waals surface area contributed by atoms with E-state index < -0.39 is 0 Å². The van der Waals surface area contributed by atoms with Crippen molar-refractivity contribution in [2.45, 2.75) is 52.0 Å². The van der Waals surface area contributed by atoms with E-state index in [4.69, 9.17) is 12.2 Å². The normalized spacial score (nSPS) is 11.3. The van der Waals surface area contributed by atoms with E-state index in [1.54, 1.807) is 0 Å². The van der Waals surface area contributed by atoms with Crippen molar-refractivity contribution in [2.75, 3.05) is 0 Å². The molecule has 0 saturated carbocycles. The van der Waals surface area contributed by atoms with Gasteiger partial charge in [-0.2, -0.15) is 0 Å². The Labute approximate surface area is 128 Å². The van der Waals surface area contributed by atoms with Gasteiger partial charge < -0.3 is 9.55 Å². The predicted molar refractivity (Wildman–Crippen MR) is 88.2 cm³/mol. The van der Waals surface area contributed by atoms with Crippen LogP contribution in [0, 0.1) is 4.77 Å². The number of aryl methyl sites for hydroxylation is 1. The third-order valence-corrected chi connectivity index (χ3v) is 4.29. The minimum Gasteiger partial charge on any atom is -0.331 e. The lowest BCUT2D eigenvalue weighted by molar-refractivity contribution is 0.561. The molecule has 2 nitrogen and oxygen atoms in total. The zero-order valence-corrected chi connectivity index (χ0v) is 13.8. The summed E-state index contributed by atoms with van der Waals surface area (Å²) in [5.74, 6) is 0. The second-order valence-corrected chi connectivity index (χ2v) is 6.31. The number of imidazole rings is 1. The van der Waals surface area contributed by atoms with E-state index in [0.717, 1.165) is 21.3 Å². The monoisotopic (exact) mass is 340 g/mol. The average Bonchev–Trinajstić information content (AvgIpc) is 2.69. The Bertz CT molecular complexity index is 585. The minimum absolute atomic E-state index is 0.835. The van der Waals surface area contributed by atoms with E-state index in [2.05, 4.69) is 44.5 Å². The Balaban J connectivity index is 1.98. The van der Waals surface area contributed by atoms with Gasteiger partial charge in [0, 0.05) is 11.0 Å². The third kappa shape index (κ3) is 3.93. The summed E-state index contributed by atoms with van der Waals surface area (Å²) in [6.45, 7) is 3.27. The molecule has 104 valence electrons. The van der Waals surface area contributed by atoms with Gasteiger partial charge in [0.2, 0.25) is 0 Å². The van der Waals surface area contributed by atoms with E-state index in [1.807, 2.05) is 6.07 Å². The van der Waals surface area contributed by atoms with Crippen LogP contribution in [0.25, 0.3) is 11.0 Å². The lowest BCUT2D eigenvalue weighted by Gasteiger charge is -2.05. The van der Waals surface area contributed by atoms with Crippen LogP contribution >= 0.6 is 28.1 Å². The predicted octanol–water partition coefficient (Wildman–Crippen LogP) is 5.82. The minimum atomic E-state index is 0.835. The fourth-order valence-corrected chi connectivity index (χ4v) is 3.05. The van der Waals surface area contributed by atoms with E-state index in [9.17, 15) is 0 Å². The molecular weight excluding hydrogens is 320 g/mol. The molecule has 2 aromatic rings. The Morgan fingerprint density at radius 1 is 1.16 bits per heavy atom. The number of nitrogens with one attached hydrogen (secondary N) is 1. The maximum absolute atomic E-state index is 5.41. The first kappa shape index (κ1) is 14.8.